The van der Waals surface area contributed by atoms with Crippen LogP contribution in [0.1, 0.15) is 12.5 Å². The molecule has 1 rings (SSSR count). The van der Waals surface area contributed by atoms with Crippen LogP contribution in [-0.4, -0.2) is 6.21 Å². The van der Waals surface area contributed by atoms with Gasteiger partial charge in [0.05, 0.1) is 12.5 Å². The predicted octanol–water partition coefficient (Wildman–Crippen LogP) is 1.80. The maximum Gasteiger partial charge on any atom is 0.145 e. The average Bonchev–Trinajstić information content (AvgIpc) is 2.41. The highest BCUT2D eigenvalue weighted by Gasteiger charge is 1.90. The Labute approximate surface area is 59.3 Å². The molecule has 0 aromatic carbocycles. The second kappa shape index (κ2) is 3.71. The quantitative estimate of drug-likeness (QED) is 0.472. The maximum absolute atomic E-state index is 4.84. The second-order valence-corrected chi connectivity index (χ2v) is 1.77. The van der Waals surface area contributed by atoms with Gasteiger partial charge in [0.15, 0.2) is 0 Å². The SMILES string of the molecule is CC=NOCc1ccoc1. The summed E-state index contributed by atoms with van der Waals surface area (Å²) in [6.45, 7) is 2.27. The summed E-state index contributed by atoms with van der Waals surface area (Å²) in [5.74, 6) is 0. The van der Waals surface area contributed by atoms with Crippen LogP contribution in [0.25, 0.3) is 0 Å². The molecule has 0 radical (unpaired) electrons. The van der Waals surface area contributed by atoms with Crippen molar-refractivity contribution in [2.24, 2.45) is 5.16 Å². The minimum atomic E-state index is 0.473. The van der Waals surface area contributed by atoms with E-state index >= 15 is 0 Å². The van der Waals surface area contributed by atoms with Crippen LogP contribution >= 0.6 is 0 Å². The van der Waals surface area contributed by atoms with Crippen molar-refractivity contribution in [2.45, 2.75) is 13.5 Å². The lowest BCUT2D eigenvalue weighted by Gasteiger charge is -1.91. The van der Waals surface area contributed by atoms with Crippen molar-refractivity contribution in [3.8, 4) is 0 Å². The zero-order valence-electron chi connectivity index (χ0n) is 5.78. The van der Waals surface area contributed by atoms with Gasteiger partial charge in [-0.2, -0.15) is 0 Å². The normalized spacial score (nSPS) is 10.5. The fourth-order valence-corrected chi connectivity index (χ4v) is 0.561. The molecule has 0 aliphatic carbocycles. The molecule has 0 saturated heterocycles. The Bertz CT molecular complexity index is 191. The van der Waals surface area contributed by atoms with E-state index in [0.717, 1.165) is 5.56 Å². The molecule has 0 bridgehead atoms. The maximum atomic E-state index is 4.84. The third kappa shape index (κ3) is 1.93. The van der Waals surface area contributed by atoms with Gasteiger partial charge in [0.25, 0.3) is 0 Å². The first kappa shape index (κ1) is 6.86. The van der Waals surface area contributed by atoms with Crippen LogP contribution in [0.4, 0.5) is 0 Å². The molecule has 0 amide bonds. The lowest BCUT2D eigenvalue weighted by Crippen LogP contribution is -1.82. The van der Waals surface area contributed by atoms with Crippen molar-refractivity contribution < 1.29 is 9.25 Å². The van der Waals surface area contributed by atoms with Crippen LogP contribution in [0.3, 0.4) is 0 Å². The molecule has 1 aromatic rings. The topological polar surface area (TPSA) is 34.7 Å². The van der Waals surface area contributed by atoms with Crippen LogP contribution < -0.4 is 0 Å². The molecule has 3 heteroatoms. The zero-order chi connectivity index (χ0) is 7.23. The minimum absolute atomic E-state index is 0.473. The summed E-state index contributed by atoms with van der Waals surface area (Å²) < 4.78 is 4.81. The Morgan fingerprint density at radius 3 is 3.30 bits per heavy atom. The van der Waals surface area contributed by atoms with E-state index in [0.29, 0.717) is 6.61 Å². The van der Waals surface area contributed by atoms with Crippen molar-refractivity contribution >= 4 is 6.21 Å². The number of oxime groups is 1. The molecule has 0 unspecified atom stereocenters. The van der Waals surface area contributed by atoms with Crippen molar-refractivity contribution in [3.05, 3.63) is 24.2 Å². The lowest BCUT2D eigenvalue weighted by molar-refractivity contribution is 0.131. The highest BCUT2D eigenvalue weighted by Crippen LogP contribution is 2.00. The van der Waals surface area contributed by atoms with Gasteiger partial charge in [0.1, 0.15) is 6.61 Å². The molecule has 1 heterocycles. The monoisotopic (exact) mass is 139 g/mol. The highest BCUT2D eigenvalue weighted by molar-refractivity contribution is 5.52. The summed E-state index contributed by atoms with van der Waals surface area (Å²) >= 11 is 0. The van der Waals surface area contributed by atoms with Crippen molar-refractivity contribution in [1.29, 1.82) is 0 Å². The summed E-state index contributed by atoms with van der Waals surface area (Å²) in [6.07, 6.45) is 4.83. The lowest BCUT2D eigenvalue weighted by atomic mass is 10.4. The van der Waals surface area contributed by atoms with Gasteiger partial charge < -0.3 is 9.25 Å². The van der Waals surface area contributed by atoms with Gasteiger partial charge in [-0.25, -0.2) is 0 Å². The van der Waals surface area contributed by atoms with Crippen LogP contribution in [0, 0.1) is 0 Å². The molecule has 0 spiro atoms. The zero-order valence-corrected chi connectivity index (χ0v) is 5.78. The molecule has 0 fully saturated rings. The second-order valence-electron chi connectivity index (χ2n) is 1.77. The molecule has 54 valence electrons. The predicted molar refractivity (Wildman–Crippen MR) is 37.7 cm³/mol. The van der Waals surface area contributed by atoms with E-state index in [1.54, 1.807) is 25.7 Å². The van der Waals surface area contributed by atoms with Gasteiger partial charge in [0, 0.05) is 11.8 Å². The Hall–Kier alpha value is -1.25. The first-order valence-electron chi connectivity index (χ1n) is 3.04. The number of hydrogen-bond acceptors (Lipinski definition) is 3. The van der Waals surface area contributed by atoms with E-state index in [9.17, 15) is 0 Å². The van der Waals surface area contributed by atoms with E-state index in [4.69, 9.17) is 9.25 Å². The summed E-state index contributed by atoms with van der Waals surface area (Å²) in [5, 5.41) is 3.58. The van der Waals surface area contributed by atoms with Crippen LogP contribution in [0.2, 0.25) is 0 Å². The van der Waals surface area contributed by atoms with Crippen molar-refractivity contribution in [1.82, 2.24) is 0 Å². The van der Waals surface area contributed by atoms with Crippen LogP contribution in [-0.2, 0) is 11.4 Å². The molecule has 0 N–H and O–H groups in total. The summed E-state index contributed by atoms with van der Waals surface area (Å²) in [5.41, 5.74) is 0.991. The Balaban J connectivity index is 2.28. The molecule has 0 aliphatic rings. The van der Waals surface area contributed by atoms with Gasteiger partial charge in [-0.1, -0.05) is 5.16 Å². The first-order valence-corrected chi connectivity index (χ1v) is 3.04. The van der Waals surface area contributed by atoms with Gasteiger partial charge in [0.2, 0.25) is 0 Å². The number of furan rings is 1. The van der Waals surface area contributed by atoms with E-state index in [1.807, 2.05) is 6.07 Å². The molecular weight excluding hydrogens is 130 g/mol. The smallest absolute Gasteiger partial charge is 0.145 e. The van der Waals surface area contributed by atoms with Crippen molar-refractivity contribution in [3.63, 3.8) is 0 Å². The van der Waals surface area contributed by atoms with Crippen molar-refractivity contribution in [2.75, 3.05) is 0 Å². The van der Waals surface area contributed by atoms with Gasteiger partial charge in [-0.3, -0.25) is 0 Å². The van der Waals surface area contributed by atoms with E-state index < -0.39 is 0 Å². The Morgan fingerprint density at radius 2 is 2.70 bits per heavy atom. The molecular formula is C7H9NO2. The Morgan fingerprint density at radius 1 is 1.80 bits per heavy atom. The van der Waals surface area contributed by atoms with E-state index in [1.165, 1.54) is 0 Å². The summed E-state index contributed by atoms with van der Waals surface area (Å²) in [7, 11) is 0. The minimum Gasteiger partial charge on any atom is -0.472 e. The van der Waals surface area contributed by atoms with Gasteiger partial charge in [-0.05, 0) is 13.0 Å². The highest BCUT2D eigenvalue weighted by atomic mass is 16.6. The first-order chi connectivity index (χ1) is 4.93. The average molecular weight is 139 g/mol. The fourth-order valence-electron chi connectivity index (χ4n) is 0.561. The summed E-state index contributed by atoms with van der Waals surface area (Å²) in [6, 6.07) is 1.84. The van der Waals surface area contributed by atoms with Crippen LogP contribution in [0.5, 0.6) is 0 Å². The molecule has 0 aliphatic heterocycles. The molecule has 3 nitrogen and oxygen atoms in total. The number of nitrogens with zero attached hydrogens (tertiary/aromatic N) is 1. The number of hydrogen-bond donors (Lipinski definition) is 0. The standard InChI is InChI=1S/C7H9NO2/c1-2-8-10-6-7-3-4-9-5-7/h2-5H,6H2,1H3. The molecule has 10 heavy (non-hydrogen) atoms. The van der Waals surface area contributed by atoms with E-state index in [2.05, 4.69) is 5.16 Å². The van der Waals surface area contributed by atoms with E-state index in [-0.39, 0.29) is 0 Å². The van der Waals surface area contributed by atoms with Crippen LogP contribution in [0.15, 0.2) is 28.2 Å². The van der Waals surface area contributed by atoms with Gasteiger partial charge >= 0.3 is 0 Å². The fraction of sp³-hybridized carbons (Fsp3) is 0.286. The molecule has 0 saturated carbocycles. The summed E-state index contributed by atoms with van der Waals surface area (Å²) in [4.78, 5) is 4.84. The molecule has 0 atom stereocenters. The number of rotatable bonds is 3. The molecule has 1 aromatic heterocycles. The van der Waals surface area contributed by atoms with Gasteiger partial charge in [-0.15, -0.1) is 0 Å². The Kier molecular flexibility index (Phi) is 2.55. The third-order valence-corrected chi connectivity index (χ3v) is 0.991. The largest absolute Gasteiger partial charge is 0.472 e. The third-order valence-electron chi connectivity index (χ3n) is 0.991.